The maximum atomic E-state index is 9.03. The van der Waals surface area contributed by atoms with Crippen LogP contribution in [0.25, 0.3) is 0 Å². The molecule has 0 spiro atoms. The summed E-state index contributed by atoms with van der Waals surface area (Å²) in [4.78, 5) is 0. The Balaban J connectivity index is 2.52. The Labute approximate surface area is 86.4 Å². The number of hydrogen-bond acceptors (Lipinski definition) is 1. The van der Waals surface area contributed by atoms with Gasteiger partial charge < -0.3 is 0 Å². The van der Waals surface area contributed by atoms with Crippen LogP contribution in [0.3, 0.4) is 0 Å². The molecule has 0 aliphatic heterocycles. The van der Waals surface area contributed by atoms with Crippen LogP contribution in [0.15, 0.2) is 30.3 Å². The number of unbranched alkanes of at least 4 members (excludes halogenated alkanes) is 2. The molecule has 14 heavy (non-hydrogen) atoms. The highest BCUT2D eigenvalue weighted by Gasteiger charge is 2.08. The second kappa shape index (κ2) is 6.21. The van der Waals surface area contributed by atoms with Crippen LogP contribution < -0.4 is 0 Å². The van der Waals surface area contributed by atoms with E-state index in [2.05, 4.69) is 13.0 Å². The van der Waals surface area contributed by atoms with Gasteiger partial charge in [0, 0.05) is 0 Å². The van der Waals surface area contributed by atoms with Gasteiger partial charge in [-0.05, 0) is 12.0 Å². The average molecular weight is 187 g/mol. The van der Waals surface area contributed by atoms with Crippen LogP contribution in [0.2, 0.25) is 0 Å². The molecule has 1 atom stereocenters. The van der Waals surface area contributed by atoms with E-state index in [0.29, 0.717) is 0 Å². The number of benzene rings is 1. The fourth-order valence-corrected chi connectivity index (χ4v) is 1.59. The number of nitrogens with zero attached hydrogens (tertiary/aromatic N) is 1. The van der Waals surface area contributed by atoms with Gasteiger partial charge in [0.05, 0.1) is 12.0 Å². The lowest BCUT2D eigenvalue weighted by Gasteiger charge is -2.08. The predicted molar refractivity (Wildman–Crippen MR) is 58.9 cm³/mol. The van der Waals surface area contributed by atoms with E-state index in [1.54, 1.807) is 0 Å². The van der Waals surface area contributed by atoms with Gasteiger partial charge in [-0.2, -0.15) is 5.26 Å². The third-order valence-electron chi connectivity index (χ3n) is 2.45. The molecular formula is C13H17N. The average Bonchev–Trinajstić information content (AvgIpc) is 2.26. The molecule has 0 aliphatic carbocycles. The van der Waals surface area contributed by atoms with Crippen LogP contribution in [-0.2, 0) is 0 Å². The third kappa shape index (κ3) is 3.22. The molecule has 0 aliphatic rings. The monoisotopic (exact) mass is 187 g/mol. The molecule has 0 N–H and O–H groups in total. The van der Waals surface area contributed by atoms with Crippen LogP contribution >= 0.6 is 0 Å². The number of nitriles is 1. The molecule has 0 amide bonds. The van der Waals surface area contributed by atoms with Gasteiger partial charge in [0.15, 0.2) is 0 Å². The van der Waals surface area contributed by atoms with Gasteiger partial charge in [0.1, 0.15) is 0 Å². The molecule has 0 bridgehead atoms. The minimum absolute atomic E-state index is 0.0859. The van der Waals surface area contributed by atoms with E-state index in [1.807, 2.05) is 30.3 Å². The molecular weight excluding hydrogens is 170 g/mol. The summed E-state index contributed by atoms with van der Waals surface area (Å²) in [6.07, 6.45) is 4.59. The van der Waals surface area contributed by atoms with Crippen molar-refractivity contribution in [2.45, 2.75) is 38.5 Å². The van der Waals surface area contributed by atoms with Crippen LogP contribution in [0.4, 0.5) is 0 Å². The lowest BCUT2D eigenvalue weighted by atomic mass is 9.95. The Bertz CT molecular complexity index is 284. The zero-order chi connectivity index (χ0) is 10.2. The fourth-order valence-electron chi connectivity index (χ4n) is 1.59. The highest BCUT2D eigenvalue weighted by Crippen LogP contribution is 2.21. The molecule has 0 unspecified atom stereocenters. The zero-order valence-corrected chi connectivity index (χ0v) is 8.74. The van der Waals surface area contributed by atoms with Crippen molar-refractivity contribution < 1.29 is 0 Å². The van der Waals surface area contributed by atoms with Crippen LogP contribution in [0.1, 0.15) is 44.1 Å². The van der Waals surface area contributed by atoms with E-state index in [-0.39, 0.29) is 5.92 Å². The lowest BCUT2D eigenvalue weighted by molar-refractivity contribution is 0.634. The maximum Gasteiger partial charge on any atom is 0.0712 e. The minimum Gasteiger partial charge on any atom is -0.198 e. The molecule has 0 radical (unpaired) electrons. The Morgan fingerprint density at radius 2 is 1.93 bits per heavy atom. The second-order valence-corrected chi connectivity index (χ2v) is 3.59. The first-order valence-electron chi connectivity index (χ1n) is 5.33. The molecule has 1 nitrogen and oxygen atoms in total. The van der Waals surface area contributed by atoms with Gasteiger partial charge in [-0.1, -0.05) is 56.5 Å². The molecule has 0 heterocycles. The first-order valence-corrected chi connectivity index (χ1v) is 5.33. The van der Waals surface area contributed by atoms with Gasteiger partial charge in [0.25, 0.3) is 0 Å². The largest absolute Gasteiger partial charge is 0.198 e. The number of hydrogen-bond donors (Lipinski definition) is 0. The molecule has 1 rings (SSSR count). The second-order valence-electron chi connectivity index (χ2n) is 3.59. The summed E-state index contributed by atoms with van der Waals surface area (Å²) in [5.74, 6) is 0.0859. The van der Waals surface area contributed by atoms with Crippen LogP contribution in [0, 0.1) is 11.3 Å². The Kier molecular flexibility index (Phi) is 4.78. The van der Waals surface area contributed by atoms with Crippen molar-refractivity contribution in [3.63, 3.8) is 0 Å². The summed E-state index contributed by atoms with van der Waals surface area (Å²) in [6, 6.07) is 12.4. The quantitative estimate of drug-likeness (QED) is 0.642. The SMILES string of the molecule is CCCCC[C@@H](C#N)c1ccccc1. The summed E-state index contributed by atoms with van der Waals surface area (Å²) in [5.41, 5.74) is 1.16. The van der Waals surface area contributed by atoms with Gasteiger partial charge in [-0.15, -0.1) is 0 Å². The first-order chi connectivity index (χ1) is 6.88. The summed E-state index contributed by atoms with van der Waals surface area (Å²) in [5, 5.41) is 9.03. The summed E-state index contributed by atoms with van der Waals surface area (Å²) in [6.45, 7) is 2.18. The highest BCUT2D eigenvalue weighted by molar-refractivity contribution is 5.24. The van der Waals surface area contributed by atoms with Crippen molar-refractivity contribution in [1.29, 1.82) is 5.26 Å². The molecule has 1 heteroatoms. The Hall–Kier alpha value is -1.29. The first kappa shape index (κ1) is 10.8. The highest BCUT2D eigenvalue weighted by atomic mass is 14.3. The van der Waals surface area contributed by atoms with Crippen molar-refractivity contribution in [1.82, 2.24) is 0 Å². The summed E-state index contributed by atoms with van der Waals surface area (Å²) in [7, 11) is 0. The van der Waals surface area contributed by atoms with Gasteiger partial charge in [-0.3, -0.25) is 0 Å². The maximum absolute atomic E-state index is 9.03. The smallest absolute Gasteiger partial charge is 0.0712 e. The van der Waals surface area contributed by atoms with E-state index >= 15 is 0 Å². The molecule has 0 saturated carbocycles. The molecule has 1 aromatic carbocycles. The standard InChI is InChI=1S/C13H17N/c1-2-3-5-10-13(11-14)12-8-6-4-7-9-12/h4,6-9,13H,2-3,5,10H2,1H3/t13-/m0/s1. The molecule has 0 fully saturated rings. The molecule has 0 aromatic heterocycles. The van der Waals surface area contributed by atoms with E-state index < -0.39 is 0 Å². The summed E-state index contributed by atoms with van der Waals surface area (Å²) >= 11 is 0. The van der Waals surface area contributed by atoms with Gasteiger partial charge in [0.2, 0.25) is 0 Å². The fraction of sp³-hybridized carbons (Fsp3) is 0.462. The van der Waals surface area contributed by atoms with Crippen molar-refractivity contribution in [3.8, 4) is 6.07 Å². The van der Waals surface area contributed by atoms with E-state index in [9.17, 15) is 0 Å². The van der Waals surface area contributed by atoms with E-state index in [0.717, 1.165) is 18.4 Å². The zero-order valence-electron chi connectivity index (χ0n) is 8.74. The Morgan fingerprint density at radius 1 is 1.21 bits per heavy atom. The minimum atomic E-state index is 0.0859. The van der Waals surface area contributed by atoms with Gasteiger partial charge in [-0.25, -0.2) is 0 Å². The molecule has 1 aromatic rings. The van der Waals surface area contributed by atoms with Crippen molar-refractivity contribution in [2.24, 2.45) is 0 Å². The third-order valence-corrected chi connectivity index (χ3v) is 2.45. The van der Waals surface area contributed by atoms with Crippen molar-refractivity contribution >= 4 is 0 Å². The lowest BCUT2D eigenvalue weighted by Crippen LogP contribution is -1.95. The van der Waals surface area contributed by atoms with E-state index in [4.69, 9.17) is 5.26 Å². The molecule has 0 saturated heterocycles. The normalized spacial score (nSPS) is 12.0. The van der Waals surface area contributed by atoms with Crippen LogP contribution in [-0.4, -0.2) is 0 Å². The van der Waals surface area contributed by atoms with Crippen LogP contribution in [0.5, 0.6) is 0 Å². The molecule has 74 valence electrons. The summed E-state index contributed by atoms with van der Waals surface area (Å²) < 4.78 is 0. The van der Waals surface area contributed by atoms with E-state index in [1.165, 1.54) is 12.8 Å². The Morgan fingerprint density at radius 3 is 2.50 bits per heavy atom. The van der Waals surface area contributed by atoms with Gasteiger partial charge >= 0.3 is 0 Å². The predicted octanol–water partition coefficient (Wildman–Crippen LogP) is 3.87. The van der Waals surface area contributed by atoms with Crippen molar-refractivity contribution in [2.75, 3.05) is 0 Å². The van der Waals surface area contributed by atoms with Crippen molar-refractivity contribution in [3.05, 3.63) is 35.9 Å². The topological polar surface area (TPSA) is 23.8 Å². The number of rotatable bonds is 5.